The largest absolute Gasteiger partial charge is 0.417 e. The van der Waals surface area contributed by atoms with Gasteiger partial charge in [-0.1, -0.05) is 18.2 Å². The fourth-order valence-electron chi connectivity index (χ4n) is 2.10. The van der Waals surface area contributed by atoms with E-state index in [4.69, 9.17) is 5.26 Å². The lowest BCUT2D eigenvalue weighted by atomic mass is 10.1. The van der Waals surface area contributed by atoms with Gasteiger partial charge in [0.25, 0.3) is 0 Å². The number of nitrogens with one attached hydrogen (secondary N) is 1. The van der Waals surface area contributed by atoms with Crippen LogP contribution in [0.5, 0.6) is 0 Å². The van der Waals surface area contributed by atoms with E-state index in [1.165, 1.54) is 30.8 Å². The van der Waals surface area contributed by atoms with Crippen LogP contribution in [0.2, 0.25) is 0 Å². The zero-order chi connectivity index (χ0) is 19.4. The smallest absolute Gasteiger partial charge is 0.385 e. The molecule has 2 aromatic rings. The van der Waals surface area contributed by atoms with Crippen LogP contribution in [-0.2, 0) is 6.18 Å². The van der Waals surface area contributed by atoms with E-state index in [1.54, 1.807) is 0 Å². The number of benzene rings is 2. The van der Waals surface area contributed by atoms with Gasteiger partial charge in [0.1, 0.15) is 5.60 Å². The van der Waals surface area contributed by atoms with E-state index in [-0.39, 0.29) is 11.4 Å². The summed E-state index contributed by atoms with van der Waals surface area (Å²) in [6.07, 6.45) is -6.20. The van der Waals surface area contributed by atoms with Crippen LogP contribution < -0.4 is 5.32 Å². The molecular formula is C18H17F3N2O2S. The lowest BCUT2D eigenvalue weighted by Crippen LogP contribution is -2.46. The Bertz CT molecular complexity index is 789. The molecule has 0 radical (unpaired) electrons. The molecule has 138 valence electrons. The normalized spacial score (nSPS) is 15.0. The first-order valence-electron chi connectivity index (χ1n) is 7.59. The Morgan fingerprint density at radius 1 is 1.19 bits per heavy atom. The van der Waals surface area contributed by atoms with E-state index >= 15 is 0 Å². The fourth-order valence-corrected chi connectivity index (χ4v) is 3.07. The Labute approximate surface area is 153 Å². The van der Waals surface area contributed by atoms with Gasteiger partial charge in [-0.3, -0.25) is 0 Å². The van der Waals surface area contributed by atoms with Crippen LogP contribution in [0, 0.1) is 11.3 Å². The summed E-state index contributed by atoms with van der Waals surface area (Å²) in [6.45, 7) is 1.38. The van der Waals surface area contributed by atoms with Gasteiger partial charge in [0, 0.05) is 16.3 Å². The molecule has 0 fully saturated rings. The topological polar surface area (TPSA) is 76.3 Å². The minimum atomic E-state index is -4.70. The molecule has 2 rings (SSSR count). The van der Waals surface area contributed by atoms with Crippen molar-refractivity contribution < 1.29 is 23.4 Å². The van der Waals surface area contributed by atoms with Crippen LogP contribution in [0.1, 0.15) is 18.1 Å². The van der Waals surface area contributed by atoms with Crippen LogP contribution in [0.3, 0.4) is 0 Å². The Morgan fingerprint density at radius 3 is 2.42 bits per heavy atom. The molecule has 0 aromatic heterocycles. The van der Waals surface area contributed by atoms with E-state index in [1.807, 2.05) is 30.3 Å². The molecule has 0 heterocycles. The highest BCUT2D eigenvalue weighted by atomic mass is 32.2. The summed E-state index contributed by atoms with van der Waals surface area (Å²) in [4.78, 5) is 0.887. The van der Waals surface area contributed by atoms with Gasteiger partial charge in [-0.25, -0.2) is 0 Å². The number of thioether (sulfide) groups is 1. The average Bonchev–Trinajstić information content (AvgIpc) is 2.60. The van der Waals surface area contributed by atoms with Crippen LogP contribution in [-0.4, -0.2) is 27.8 Å². The molecule has 0 bridgehead atoms. The molecular weight excluding hydrogens is 365 g/mol. The number of nitriles is 1. The number of rotatable bonds is 6. The van der Waals surface area contributed by atoms with E-state index in [0.29, 0.717) is 0 Å². The molecule has 26 heavy (non-hydrogen) atoms. The monoisotopic (exact) mass is 382 g/mol. The minimum absolute atomic E-state index is 0.0474. The summed E-state index contributed by atoms with van der Waals surface area (Å²) in [7, 11) is 0. The Kier molecular flexibility index (Phi) is 6.18. The first kappa shape index (κ1) is 20.1. The highest BCUT2D eigenvalue weighted by Gasteiger charge is 2.35. The lowest BCUT2D eigenvalue weighted by Gasteiger charge is -2.30. The molecule has 0 aliphatic carbocycles. The predicted octanol–water partition coefficient (Wildman–Crippen LogP) is 3.85. The molecule has 0 aliphatic rings. The van der Waals surface area contributed by atoms with Crippen molar-refractivity contribution in [3.63, 3.8) is 0 Å². The van der Waals surface area contributed by atoms with Gasteiger partial charge in [0.05, 0.1) is 17.2 Å². The molecule has 2 unspecified atom stereocenters. The van der Waals surface area contributed by atoms with Crippen LogP contribution >= 0.6 is 11.8 Å². The molecule has 3 N–H and O–H groups in total. The quantitative estimate of drug-likeness (QED) is 0.523. The predicted molar refractivity (Wildman–Crippen MR) is 93.6 cm³/mol. The molecule has 2 atom stereocenters. The lowest BCUT2D eigenvalue weighted by molar-refractivity contribution is -0.137. The first-order valence-corrected chi connectivity index (χ1v) is 8.58. The van der Waals surface area contributed by atoms with Crippen LogP contribution in [0.4, 0.5) is 18.9 Å². The van der Waals surface area contributed by atoms with Crippen molar-refractivity contribution in [1.82, 2.24) is 0 Å². The SMILES string of the molecule is CC(O)(CSc1ccccc1)C(O)Nc1ccc(C#N)c(C(F)(F)F)c1. The van der Waals surface area contributed by atoms with Crippen molar-refractivity contribution >= 4 is 17.4 Å². The Balaban J connectivity index is 2.10. The number of anilines is 1. The van der Waals surface area contributed by atoms with Gasteiger partial charge in [-0.05, 0) is 37.3 Å². The molecule has 0 amide bonds. The Morgan fingerprint density at radius 2 is 1.85 bits per heavy atom. The number of aliphatic hydroxyl groups excluding tert-OH is 1. The first-order chi connectivity index (χ1) is 12.1. The number of nitrogens with zero attached hydrogens (tertiary/aromatic N) is 1. The van der Waals surface area contributed by atoms with Gasteiger partial charge < -0.3 is 15.5 Å². The van der Waals surface area contributed by atoms with E-state index < -0.39 is 29.1 Å². The van der Waals surface area contributed by atoms with Crippen molar-refractivity contribution in [3.05, 3.63) is 59.7 Å². The van der Waals surface area contributed by atoms with E-state index in [0.717, 1.165) is 17.0 Å². The van der Waals surface area contributed by atoms with Crippen molar-refractivity contribution in [1.29, 1.82) is 5.26 Å². The molecule has 0 saturated heterocycles. The van der Waals surface area contributed by atoms with Crippen molar-refractivity contribution in [2.75, 3.05) is 11.1 Å². The molecule has 0 saturated carbocycles. The van der Waals surface area contributed by atoms with E-state index in [9.17, 15) is 23.4 Å². The van der Waals surface area contributed by atoms with Gasteiger partial charge in [-0.15, -0.1) is 11.8 Å². The number of aliphatic hydroxyl groups is 2. The zero-order valence-electron chi connectivity index (χ0n) is 13.8. The molecule has 0 spiro atoms. The molecule has 0 aliphatic heterocycles. The summed E-state index contributed by atoms with van der Waals surface area (Å²) in [5.74, 6) is 0.119. The maximum atomic E-state index is 13.0. The summed E-state index contributed by atoms with van der Waals surface area (Å²) in [5, 5.41) is 31.9. The number of hydrogen-bond acceptors (Lipinski definition) is 5. The second-order valence-electron chi connectivity index (χ2n) is 5.88. The van der Waals surface area contributed by atoms with Crippen molar-refractivity contribution in [3.8, 4) is 6.07 Å². The van der Waals surface area contributed by atoms with Crippen LogP contribution in [0.15, 0.2) is 53.4 Å². The van der Waals surface area contributed by atoms with Gasteiger partial charge in [-0.2, -0.15) is 18.4 Å². The third-order valence-electron chi connectivity index (χ3n) is 3.61. The van der Waals surface area contributed by atoms with Crippen molar-refractivity contribution in [2.45, 2.75) is 29.8 Å². The summed E-state index contributed by atoms with van der Waals surface area (Å²) < 4.78 is 39.0. The average molecular weight is 382 g/mol. The number of hydrogen-bond donors (Lipinski definition) is 3. The number of alkyl halides is 3. The maximum Gasteiger partial charge on any atom is 0.417 e. The summed E-state index contributed by atoms with van der Waals surface area (Å²) in [6, 6.07) is 13.7. The fraction of sp³-hybridized carbons (Fsp3) is 0.278. The standard InChI is InChI=1S/C18H17F3N2O2S/c1-17(25,11-26-14-5-3-2-4-6-14)16(24)23-13-8-7-12(10-22)15(9-13)18(19,20)21/h2-9,16,23-25H,11H2,1H3. The molecule has 2 aromatic carbocycles. The van der Waals surface area contributed by atoms with Crippen LogP contribution in [0.25, 0.3) is 0 Å². The number of halogens is 3. The zero-order valence-corrected chi connectivity index (χ0v) is 14.6. The molecule has 4 nitrogen and oxygen atoms in total. The third-order valence-corrected chi connectivity index (χ3v) is 4.95. The maximum absolute atomic E-state index is 13.0. The highest BCUT2D eigenvalue weighted by Crippen LogP contribution is 2.34. The van der Waals surface area contributed by atoms with Gasteiger partial charge >= 0.3 is 6.18 Å². The highest BCUT2D eigenvalue weighted by molar-refractivity contribution is 7.99. The Hall–Kier alpha value is -2.21. The minimum Gasteiger partial charge on any atom is -0.385 e. The molecule has 8 heteroatoms. The van der Waals surface area contributed by atoms with E-state index in [2.05, 4.69) is 5.32 Å². The van der Waals surface area contributed by atoms with Gasteiger partial charge in [0.2, 0.25) is 0 Å². The summed E-state index contributed by atoms with van der Waals surface area (Å²) >= 11 is 1.31. The second kappa shape index (κ2) is 7.99. The van der Waals surface area contributed by atoms with Crippen molar-refractivity contribution in [2.24, 2.45) is 0 Å². The summed E-state index contributed by atoms with van der Waals surface area (Å²) in [5.41, 5.74) is -3.26. The van der Waals surface area contributed by atoms with Gasteiger partial charge in [0.15, 0.2) is 6.23 Å². The third kappa shape index (κ3) is 5.14. The second-order valence-corrected chi connectivity index (χ2v) is 6.92.